The molecule has 0 N–H and O–H groups in total. The van der Waals surface area contributed by atoms with Crippen LogP contribution in [0.3, 0.4) is 0 Å². The average molecular weight is 345 g/mol. The van der Waals surface area contributed by atoms with Gasteiger partial charge in [-0.15, -0.1) is 0 Å². The molecule has 0 heterocycles. The van der Waals surface area contributed by atoms with Crippen molar-refractivity contribution in [1.29, 1.82) is 0 Å². The maximum atomic E-state index is 12.4. The second-order valence-electron chi connectivity index (χ2n) is 6.39. The van der Waals surface area contributed by atoms with Crippen molar-refractivity contribution in [2.75, 3.05) is 13.7 Å². The number of rotatable bonds is 6. The zero-order chi connectivity index (χ0) is 18.4. The summed E-state index contributed by atoms with van der Waals surface area (Å²) < 4.78 is 5.84. The lowest BCUT2D eigenvalue weighted by Crippen LogP contribution is -2.31. The fourth-order valence-corrected chi connectivity index (χ4v) is 2.75. The third-order valence-electron chi connectivity index (χ3n) is 4.29. The van der Waals surface area contributed by atoms with E-state index in [1.54, 1.807) is 11.9 Å². The van der Waals surface area contributed by atoms with E-state index in [-0.39, 0.29) is 12.5 Å². The number of hydrogen-bond acceptors (Lipinski definition) is 2. The minimum absolute atomic E-state index is 0.0200. The summed E-state index contributed by atoms with van der Waals surface area (Å²) in [6.07, 6.45) is 0. The van der Waals surface area contributed by atoms with Crippen LogP contribution in [0.5, 0.6) is 5.75 Å². The van der Waals surface area contributed by atoms with Crippen LogP contribution in [-0.2, 0) is 11.3 Å². The summed E-state index contributed by atoms with van der Waals surface area (Å²) in [5, 5.41) is 0. The molecule has 0 aromatic heterocycles. The molecule has 0 aliphatic heterocycles. The first kappa shape index (κ1) is 17.7. The highest BCUT2D eigenvalue weighted by molar-refractivity contribution is 5.78. The monoisotopic (exact) mass is 345 g/mol. The van der Waals surface area contributed by atoms with Crippen molar-refractivity contribution in [2.45, 2.75) is 13.5 Å². The van der Waals surface area contributed by atoms with Crippen molar-refractivity contribution in [1.82, 2.24) is 4.90 Å². The molecule has 3 aromatic rings. The van der Waals surface area contributed by atoms with Crippen molar-refractivity contribution >= 4 is 5.91 Å². The van der Waals surface area contributed by atoms with E-state index in [1.165, 1.54) is 5.56 Å². The summed E-state index contributed by atoms with van der Waals surface area (Å²) in [6, 6.07) is 26.0. The zero-order valence-electron chi connectivity index (χ0n) is 15.2. The van der Waals surface area contributed by atoms with E-state index in [9.17, 15) is 4.79 Å². The normalized spacial score (nSPS) is 10.4. The third-order valence-corrected chi connectivity index (χ3v) is 4.29. The molecule has 3 nitrogen and oxygen atoms in total. The molecule has 132 valence electrons. The zero-order valence-corrected chi connectivity index (χ0v) is 15.2. The summed E-state index contributed by atoms with van der Waals surface area (Å²) in [5.74, 6) is 0.671. The molecule has 1 amide bonds. The maximum absolute atomic E-state index is 12.4. The summed E-state index contributed by atoms with van der Waals surface area (Å²) in [6.45, 7) is 2.64. The number of ether oxygens (including phenoxy) is 1. The van der Waals surface area contributed by atoms with Crippen LogP contribution in [0.15, 0.2) is 78.9 Å². The molecule has 3 aromatic carbocycles. The third kappa shape index (κ3) is 4.51. The Labute approximate surface area is 154 Å². The quantitative estimate of drug-likeness (QED) is 0.648. The number of likely N-dealkylation sites (N-methyl/N-ethyl adjacent to an activating group) is 1. The molecule has 0 unspecified atom stereocenters. The lowest BCUT2D eigenvalue weighted by atomic mass is 10.1. The SMILES string of the molecule is Cc1ccc(CN(C)C(=O)COc2ccccc2-c2ccccc2)cc1. The van der Waals surface area contributed by atoms with Gasteiger partial charge in [-0.2, -0.15) is 0 Å². The number of benzene rings is 3. The fourth-order valence-electron chi connectivity index (χ4n) is 2.75. The highest BCUT2D eigenvalue weighted by atomic mass is 16.5. The van der Waals surface area contributed by atoms with E-state index in [1.807, 2.05) is 66.7 Å². The second-order valence-corrected chi connectivity index (χ2v) is 6.39. The molecule has 0 spiro atoms. The molecule has 3 rings (SSSR count). The first-order valence-electron chi connectivity index (χ1n) is 8.70. The van der Waals surface area contributed by atoms with Gasteiger partial charge in [-0.1, -0.05) is 78.4 Å². The Hall–Kier alpha value is -3.07. The Morgan fingerprint density at radius 3 is 2.27 bits per heavy atom. The molecule has 0 bridgehead atoms. The number of aryl methyl sites for hydroxylation is 1. The van der Waals surface area contributed by atoms with Crippen LogP contribution < -0.4 is 4.74 Å². The van der Waals surface area contributed by atoms with Gasteiger partial charge < -0.3 is 9.64 Å². The summed E-state index contributed by atoms with van der Waals surface area (Å²) in [5.41, 5.74) is 4.38. The smallest absolute Gasteiger partial charge is 0.260 e. The Morgan fingerprint density at radius 2 is 1.54 bits per heavy atom. The van der Waals surface area contributed by atoms with E-state index < -0.39 is 0 Å². The van der Waals surface area contributed by atoms with Gasteiger partial charge in [0.05, 0.1) is 0 Å². The lowest BCUT2D eigenvalue weighted by Gasteiger charge is -2.18. The number of para-hydroxylation sites is 1. The topological polar surface area (TPSA) is 29.5 Å². The Morgan fingerprint density at radius 1 is 0.885 bits per heavy atom. The molecule has 0 fully saturated rings. The summed E-state index contributed by atoms with van der Waals surface area (Å²) >= 11 is 0. The number of carbonyl (C=O) groups is 1. The average Bonchev–Trinajstić information content (AvgIpc) is 2.68. The van der Waals surface area contributed by atoms with Gasteiger partial charge in [0.1, 0.15) is 5.75 Å². The van der Waals surface area contributed by atoms with Crippen molar-refractivity contribution < 1.29 is 9.53 Å². The van der Waals surface area contributed by atoms with Gasteiger partial charge >= 0.3 is 0 Å². The van der Waals surface area contributed by atoms with E-state index in [0.29, 0.717) is 6.54 Å². The van der Waals surface area contributed by atoms with Crippen LogP contribution in [0.2, 0.25) is 0 Å². The number of nitrogens with zero attached hydrogens (tertiary/aromatic N) is 1. The van der Waals surface area contributed by atoms with E-state index >= 15 is 0 Å². The highest BCUT2D eigenvalue weighted by Gasteiger charge is 2.12. The highest BCUT2D eigenvalue weighted by Crippen LogP contribution is 2.29. The van der Waals surface area contributed by atoms with Crippen LogP contribution in [0.4, 0.5) is 0 Å². The van der Waals surface area contributed by atoms with Crippen LogP contribution in [0, 0.1) is 6.92 Å². The maximum Gasteiger partial charge on any atom is 0.260 e. The molecular formula is C23H23NO2. The van der Waals surface area contributed by atoms with E-state index in [0.717, 1.165) is 22.4 Å². The number of hydrogen-bond donors (Lipinski definition) is 0. The van der Waals surface area contributed by atoms with Gasteiger partial charge in [-0.25, -0.2) is 0 Å². The summed E-state index contributed by atoms with van der Waals surface area (Å²) in [7, 11) is 1.80. The number of carbonyl (C=O) groups excluding carboxylic acids is 1. The standard InChI is InChI=1S/C23H23NO2/c1-18-12-14-19(15-13-18)16-24(2)23(25)17-26-22-11-7-6-10-21(22)20-8-4-3-5-9-20/h3-15H,16-17H2,1-2H3. The van der Waals surface area contributed by atoms with Gasteiger partial charge in [0.25, 0.3) is 5.91 Å². The Bertz CT molecular complexity index is 857. The predicted molar refractivity (Wildman–Crippen MR) is 105 cm³/mol. The van der Waals surface area contributed by atoms with Gasteiger partial charge in [0.2, 0.25) is 0 Å². The first-order valence-corrected chi connectivity index (χ1v) is 8.70. The molecule has 0 aliphatic carbocycles. The van der Waals surface area contributed by atoms with Crippen LogP contribution in [0.1, 0.15) is 11.1 Å². The van der Waals surface area contributed by atoms with E-state index in [4.69, 9.17) is 4.74 Å². The van der Waals surface area contributed by atoms with Crippen molar-refractivity contribution in [2.24, 2.45) is 0 Å². The minimum atomic E-state index is -0.0477. The van der Waals surface area contributed by atoms with E-state index in [2.05, 4.69) is 19.1 Å². The molecule has 0 radical (unpaired) electrons. The minimum Gasteiger partial charge on any atom is -0.483 e. The molecular weight excluding hydrogens is 322 g/mol. The largest absolute Gasteiger partial charge is 0.483 e. The lowest BCUT2D eigenvalue weighted by molar-refractivity contribution is -0.132. The van der Waals surface area contributed by atoms with Crippen molar-refractivity contribution in [3.8, 4) is 16.9 Å². The van der Waals surface area contributed by atoms with Crippen LogP contribution >= 0.6 is 0 Å². The Balaban J connectivity index is 1.64. The molecule has 0 saturated carbocycles. The molecule has 0 atom stereocenters. The van der Waals surface area contributed by atoms with Gasteiger partial charge in [0.15, 0.2) is 6.61 Å². The first-order chi connectivity index (χ1) is 12.6. The van der Waals surface area contributed by atoms with Gasteiger partial charge in [-0.05, 0) is 24.1 Å². The second kappa shape index (κ2) is 8.34. The number of amides is 1. The van der Waals surface area contributed by atoms with Crippen LogP contribution in [0.25, 0.3) is 11.1 Å². The van der Waals surface area contributed by atoms with Crippen molar-refractivity contribution in [3.05, 3.63) is 90.0 Å². The van der Waals surface area contributed by atoms with Gasteiger partial charge in [-0.3, -0.25) is 4.79 Å². The van der Waals surface area contributed by atoms with Crippen LogP contribution in [-0.4, -0.2) is 24.5 Å². The molecule has 0 saturated heterocycles. The fraction of sp³-hybridized carbons (Fsp3) is 0.174. The summed E-state index contributed by atoms with van der Waals surface area (Å²) in [4.78, 5) is 14.1. The Kier molecular flexibility index (Phi) is 5.69. The molecule has 3 heteroatoms. The molecule has 26 heavy (non-hydrogen) atoms. The predicted octanol–water partition coefficient (Wildman–Crippen LogP) is 4.70. The molecule has 0 aliphatic rings. The van der Waals surface area contributed by atoms with Gasteiger partial charge in [0, 0.05) is 19.2 Å². The van der Waals surface area contributed by atoms with Crippen molar-refractivity contribution in [3.63, 3.8) is 0 Å².